The number of hydrogen-bond acceptors (Lipinski definition) is 9. The number of carbonyl (C=O) groups is 2. The molecular formula is C20H20N6O5S. The van der Waals surface area contributed by atoms with E-state index in [0.717, 1.165) is 18.0 Å². The number of rotatable bonds is 4. The third-order valence-corrected chi connectivity index (χ3v) is 6.42. The molecule has 2 fully saturated rings. The standard InChI is InChI=1S/C20H20N6O5S/c1-11-5-14(25-6-12(7-25)18(28)24-3-2-4-31-10-24)23-17-15(11)16(27)13(19(29)30)8-26(17)20-21-9-22-32-20/h5,8-9,12H,2-4,6-7,10H2,1H3,(H,29,30). The Morgan fingerprint density at radius 3 is 2.78 bits per heavy atom. The lowest BCUT2D eigenvalue weighted by molar-refractivity contribution is -0.145. The van der Waals surface area contributed by atoms with E-state index in [0.29, 0.717) is 55.1 Å². The van der Waals surface area contributed by atoms with Crippen molar-refractivity contribution in [3.63, 3.8) is 0 Å². The van der Waals surface area contributed by atoms with Crippen LogP contribution < -0.4 is 10.3 Å². The number of hydrogen-bond donors (Lipinski definition) is 1. The van der Waals surface area contributed by atoms with E-state index in [9.17, 15) is 19.5 Å². The number of carboxylic acid groups (broad SMARTS) is 1. The van der Waals surface area contributed by atoms with Gasteiger partial charge >= 0.3 is 5.97 Å². The lowest BCUT2D eigenvalue weighted by atomic mass is 9.98. The summed E-state index contributed by atoms with van der Waals surface area (Å²) in [5.41, 5.74) is -0.0307. The smallest absolute Gasteiger partial charge is 0.341 e. The molecule has 0 bridgehead atoms. The molecule has 0 spiro atoms. The highest BCUT2D eigenvalue weighted by molar-refractivity contribution is 7.08. The van der Waals surface area contributed by atoms with Gasteiger partial charge < -0.3 is 19.6 Å². The number of aromatic carboxylic acids is 1. The maximum absolute atomic E-state index is 12.9. The molecule has 3 aromatic heterocycles. The molecular weight excluding hydrogens is 436 g/mol. The average molecular weight is 456 g/mol. The molecule has 12 heteroatoms. The highest BCUT2D eigenvalue weighted by Crippen LogP contribution is 2.29. The minimum absolute atomic E-state index is 0.0790. The maximum atomic E-state index is 12.9. The topological polar surface area (TPSA) is 131 Å². The van der Waals surface area contributed by atoms with Crippen molar-refractivity contribution in [3.05, 3.63) is 39.9 Å². The first-order valence-electron chi connectivity index (χ1n) is 10.1. The van der Waals surface area contributed by atoms with Crippen LogP contribution in [0.2, 0.25) is 0 Å². The Morgan fingerprint density at radius 1 is 1.31 bits per heavy atom. The second-order valence-corrected chi connectivity index (χ2v) is 8.62. The van der Waals surface area contributed by atoms with Crippen molar-refractivity contribution in [1.82, 2.24) is 23.8 Å². The number of carboxylic acids is 1. The number of pyridine rings is 2. The van der Waals surface area contributed by atoms with Gasteiger partial charge in [-0.2, -0.15) is 4.37 Å². The van der Waals surface area contributed by atoms with E-state index in [2.05, 4.69) is 14.3 Å². The lowest BCUT2D eigenvalue weighted by Gasteiger charge is -2.42. The summed E-state index contributed by atoms with van der Waals surface area (Å²) in [7, 11) is 0. The molecule has 166 valence electrons. The molecule has 5 heterocycles. The number of aryl methyl sites for hydroxylation is 1. The fraction of sp³-hybridized carbons (Fsp3) is 0.400. The summed E-state index contributed by atoms with van der Waals surface area (Å²) in [6.45, 7) is 4.51. The third kappa shape index (κ3) is 3.41. The molecule has 2 saturated heterocycles. The van der Waals surface area contributed by atoms with Crippen LogP contribution in [0.5, 0.6) is 0 Å². The van der Waals surface area contributed by atoms with Crippen LogP contribution in [0.4, 0.5) is 5.82 Å². The highest BCUT2D eigenvalue weighted by atomic mass is 32.1. The molecule has 1 amide bonds. The Labute approximate surface area is 186 Å². The minimum Gasteiger partial charge on any atom is -0.477 e. The van der Waals surface area contributed by atoms with Crippen molar-refractivity contribution >= 4 is 40.3 Å². The van der Waals surface area contributed by atoms with Gasteiger partial charge in [-0.15, -0.1) is 0 Å². The molecule has 2 aliphatic heterocycles. The van der Waals surface area contributed by atoms with Crippen LogP contribution in [0, 0.1) is 12.8 Å². The summed E-state index contributed by atoms with van der Waals surface area (Å²) < 4.78 is 10.8. The number of fused-ring (bicyclic) bond motifs is 1. The molecule has 0 atom stereocenters. The predicted molar refractivity (Wildman–Crippen MR) is 115 cm³/mol. The molecule has 0 unspecified atom stereocenters. The van der Waals surface area contributed by atoms with Crippen molar-refractivity contribution in [3.8, 4) is 5.13 Å². The van der Waals surface area contributed by atoms with Crippen LogP contribution in [0.25, 0.3) is 16.2 Å². The second kappa shape index (κ2) is 7.95. The summed E-state index contributed by atoms with van der Waals surface area (Å²) in [5, 5.41) is 10.1. The van der Waals surface area contributed by atoms with Crippen molar-refractivity contribution in [2.45, 2.75) is 13.3 Å². The van der Waals surface area contributed by atoms with Gasteiger partial charge in [-0.25, -0.2) is 14.8 Å². The lowest BCUT2D eigenvalue weighted by Crippen LogP contribution is -2.56. The van der Waals surface area contributed by atoms with Crippen LogP contribution in [0.3, 0.4) is 0 Å². The van der Waals surface area contributed by atoms with Crippen LogP contribution in [0.1, 0.15) is 22.3 Å². The van der Waals surface area contributed by atoms with Gasteiger partial charge in [0.25, 0.3) is 0 Å². The number of aromatic nitrogens is 4. The van der Waals surface area contributed by atoms with Gasteiger partial charge in [0.1, 0.15) is 24.4 Å². The number of amides is 1. The van der Waals surface area contributed by atoms with Gasteiger partial charge in [-0.1, -0.05) is 0 Å². The van der Waals surface area contributed by atoms with Gasteiger partial charge in [0, 0.05) is 37.4 Å². The van der Waals surface area contributed by atoms with Crippen molar-refractivity contribution in [2.75, 3.05) is 37.9 Å². The molecule has 0 radical (unpaired) electrons. The Balaban J connectivity index is 1.50. The summed E-state index contributed by atoms with van der Waals surface area (Å²) in [6.07, 6.45) is 3.44. The molecule has 1 N–H and O–H groups in total. The number of carbonyl (C=O) groups excluding carboxylic acids is 1. The van der Waals surface area contributed by atoms with Gasteiger partial charge in [0.15, 0.2) is 5.65 Å². The Morgan fingerprint density at radius 2 is 2.12 bits per heavy atom. The molecule has 5 rings (SSSR count). The van der Waals surface area contributed by atoms with Crippen molar-refractivity contribution in [1.29, 1.82) is 0 Å². The highest BCUT2D eigenvalue weighted by Gasteiger charge is 2.37. The Kier molecular flexibility index (Phi) is 5.10. The molecule has 0 aromatic carbocycles. The second-order valence-electron chi connectivity index (χ2n) is 7.86. The minimum atomic E-state index is -1.32. The molecule has 11 nitrogen and oxygen atoms in total. The maximum Gasteiger partial charge on any atom is 0.341 e. The molecule has 2 aliphatic rings. The van der Waals surface area contributed by atoms with Gasteiger partial charge in [0.2, 0.25) is 16.5 Å². The average Bonchev–Trinajstić information content (AvgIpc) is 3.27. The number of ether oxygens (including phenoxy) is 1. The van der Waals surface area contributed by atoms with E-state index in [1.54, 1.807) is 17.9 Å². The zero-order valence-electron chi connectivity index (χ0n) is 17.2. The Hall–Kier alpha value is -3.38. The van der Waals surface area contributed by atoms with Gasteiger partial charge in [-0.05, 0) is 25.0 Å². The van der Waals surface area contributed by atoms with E-state index in [1.165, 1.54) is 17.1 Å². The first-order valence-corrected chi connectivity index (χ1v) is 10.9. The zero-order valence-corrected chi connectivity index (χ0v) is 18.0. The van der Waals surface area contributed by atoms with Crippen LogP contribution in [0.15, 0.2) is 23.4 Å². The summed E-state index contributed by atoms with van der Waals surface area (Å²) in [5.74, 6) is -0.747. The summed E-state index contributed by atoms with van der Waals surface area (Å²) >= 11 is 1.07. The quantitative estimate of drug-likeness (QED) is 0.608. The fourth-order valence-corrected chi connectivity index (χ4v) is 4.57. The van der Waals surface area contributed by atoms with E-state index in [1.807, 2.05) is 4.90 Å². The summed E-state index contributed by atoms with van der Waals surface area (Å²) in [6, 6.07) is 1.75. The molecule has 32 heavy (non-hydrogen) atoms. The predicted octanol–water partition coefficient (Wildman–Crippen LogP) is 0.886. The first kappa shape index (κ1) is 20.5. The monoisotopic (exact) mass is 456 g/mol. The van der Waals surface area contributed by atoms with Gasteiger partial charge in [-0.3, -0.25) is 14.2 Å². The third-order valence-electron chi connectivity index (χ3n) is 5.76. The van der Waals surface area contributed by atoms with Crippen LogP contribution in [-0.4, -0.2) is 73.8 Å². The Bertz CT molecular complexity index is 1260. The number of anilines is 1. The van der Waals surface area contributed by atoms with Crippen LogP contribution >= 0.6 is 11.5 Å². The first-order chi connectivity index (χ1) is 15.4. The van der Waals surface area contributed by atoms with Crippen molar-refractivity contribution < 1.29 is 19.4 Å². The van der Waals surface area contributed by atoms with Crippen molar-refractivity contribution in [2.24, 2.45) is 5.92 Å². The van der Waals surface area contributed by atoms with Crippen LogP contribution in [-0.2, 0) is 9.53 Å². The van der Waals surface area contributed by atoms with E-state index >= 15 is 0 Å². The molecule has 0 aliphatic carbocycles. The largest absolute Gasteiger partial charge is 0.477 e. The van der Waals surface area contributed by atoms with E-state index < -0.39 is 11.4 Å². The number of nitrogens with zero attached hydrogens (tertiary/aromatic N) is 6. The SMILES string of the molecule is Cc1cc(N2CC(C(=O)N3CCCOC3)C2)nc2c1c(=O)c(C(=O)O)cn2-c1ncns1. The molecule has 0 saturated carbocycles. The normalized spacial score (nSPS) is 16.9. The molecule has 3 aromatic rings. The van der Waals surface area contributed by atoms with E-state index in [4.69, 9.17) is 4.74 Å². The van der Waals surface area contributed by atoms with Gasteiger partial charge in [0.05, 0.1) is 17.9 Å². The fourth-order valence-electron chi connectivity index (χ4n) is 4.06. The zero-order chi connectivity index (χ0) is 22.4. The van der Waals surface area contributed by atoms with E-state index in [-0.39, 0.29) is 22.8 Å². The summed E-state index contributed by atoms with van der Waals surface area (Å²) in [4.78, 5) is 49.7.